The number of fused-ring (bicyclic) bond motifs is 1. The maximum absolute atomic E-state index is 13.5. The Kier molecular flexibility index (Phi) is 9.74. The Hall–Kier alpha value is -3.52. The second-order valence-corrected chi connectivity index (χ2v) is 10.4. The topological polar surface area (TPSA) is 88.5 Å². The molecule has 2 aromatic carbocycles. The third-order valence-electron chi connectivity index (χ3n) is 7.74. The van der Waals surface area contributed by atoms with Gasteiger partial charge in [0.15, 0.2) is 11.5 Å². The number of methoxy groups -OCH3 is 1. The summed E-state index contributed by atoms with van der Waals surface area (Å²) in [5.41, 5.74) is 2.23. The SMILES string of the molecule is CCCCOc1ccc([C@@H]2/C(=C(\O)c3ccc4c(c3)C[C@H](C)O4)C(=O)C(=O)N2CCCN(CC)CC)cc1OC. The zero-order valence-corrected chi connectivity index (χ0v) is 24.4. The lowest BCUT2D eigenvalue weighted by Gasteiger charge is -2.27. The minimum Gasteiger partial charge on any atom is -0.507 e. The minimum atomic E-state index is -0.751. The van der Waals surface area contributed by atoms with Crippen molar-refractivity contribution < 1.29 is 28.9 Å². The summed E-state index contributed by atoms with van der Waals surface area (Å²) in [6.07, 6.45) is 3.40. The molecule has 1 fully saturated rings. The van der Waals surface area contributed by atoms with Gasteiger partial charge in [0, 0.05) is 18.5 Å². The molecule has 0 spiro atoms. The molecule has 216 valence electrons. The van der Waals surface area contributed by atoms with E-state index in [9.17, 15) is 14.7 Å². The quantitative estimate of drug-likeness (QED) is 0.156. The number of ether oxygens (including phenoxy) is 3. The first-order chi connectivity index (χ1) is 19.3. The van der Waals surface area contributed by atoms with E-state index in [1.165, 1.54) is 0 Å². The highest BCUT2D eigenvalue weighted by atomic mass is 16.5. The number of unbranched alkanes of at least 4 members (excludes halogenated alkanes) is 1. The van der Waals surface area contributed by atoms with Crippen LogP contribution in [0.1, 0.15) is 69.7 Å². The van der Waals surface area contributed by atoms with Gasteiger partial charge in [0.05, 0.1) is 25.3 Å². The summed E-state index contributed by atoms with van der Waals surface area (Å²) in [6.45, 7) is 11.9. The largest absolute Gasteiger partial charge is 0.507 e. The smallest absolute Gasteiger partial charge is 0.295 e. The van der Waals surface area contributed by atoms with Crippen molar-refractivity contribution in [1.29, 1.82) is 0 Å². The molecule has 4 rings (SSSR count). The third-order valence-corrected chi connectivity index (χ3v) is 7.74. The van der Waals surface area contributed by atoms with Crippen LogP contribution in [0.3, 0.4) is 0 Å². The van der Waals surface area contributed by atoms with Crippen LogP contribution in [0.15, 0.2) is 42.0 Å². The average Bonchev–Trinajstić information content (AvgIpc) is 3.46. The van der Waals surface area contributed by atoms with Crippen LogP contribution in [-0.4, -0.2) is 72.6 Å². The molecule has 8 nitrogen and oxygen atoms in total. The van der Waals surface area contributed by atoms with Crippen LogP contribution in [0.4, 0.5) is 0 Å². The molecule has 1 N–H and O–H groups in total. The van der Waals surface area contributed by atoms with E-state index in [0.29, 0.717) is 42.2 Å². The van der Waals surface area contributed by atoms with Crippen LogP contribution >= 0.6 is 0 Å². The number of aliphatic hydroxyl groups is 1. The van der Waals surface area contributed by atoms with E-state index in [4.69, 9.17) is 14.2 Å². The summed E-state index contributed by atoms with van der Waals surface area (Å²) >= 11 is 0. The molecule has 0 radical (unpaired) electrons. The van der Waals surface area contributed by atoms with Crippen molar-refractivity contribution >= 4 is 17.4 Å². The molecule has 2 aromatic rings. The predicted molar refractivity (Wildman–Crippen MR) is 155 cm³/mol. The van der Waals surface area contributed by atoms with Crippen molar-refractivity contribution in [3.8, 4) is 17.2 Å². The van der Waals surface area contributed by atoms with Gasteiger partial charge in [0.2, 0.25) is 0 Å². The highest BCUT2D eigenvalue weighted by Crippen LogP contribution is 2.43. The molecule has 2 aliphatic heterocycles. The van der Waals surface area contributed by atoms with Gasteiger partial charge in [-0.2, -0.15) is 0 Å². The molecule has 40 heavy (non-hydrogen) atoms. The fourth-order valence-corrected chi connectivity index (χ4v) is 5.49. The van der Waals surface area contributed by atoms with E-state index in [1.54, 1.807) is 24.1 Å². The molecule has 2 heterocycles. The van der Waals surface area contributed by atoms with Crippen LogP contribution in [0.25, 0.3) is 5.76 Å². The number of carbonyl (C=O) groups is 2. The minimum absolute atomic E-state index is 0.0503. The molecule has 0 bridgehead atoms. The van der Waals surface area contributed by atoms with Crippen molar-refractivity contribution in [2.24, 2.45) is 0 Å². The number of amides is 1. The maximum atomic E-state index is 13.5. The Morgan fingerprint density at radius 2 is 1.85 bits per heavy atom. The fourth-order valence-electron chi connectivity index (χ4n) is 5.49. The van der Waals surface area contributed by atoms with Gasteiger partial charge < -0.3 is 29.1 Å². The van der Waals surface area contributed by atoms with Crippen molar-refractivity contribution in [3.63, 3.8) is 0 Å². The van der Waals surface area contributed by atoms with Gasteiger partial charge in [0.1, 0.15) is 17.6 Å². The van der Waals surface area contributed by atoms with E-state index >= 15 is 0 Å². The van der Waals surface area contributed by atoms with Crippen LogP contribution < -0.4 is 14.2 Å². The number of likely N-dealkylation sites (tertiary alicyclic amines) is 1. The summed E-state index contributed by atoms with van der Waals surface area (Å²) in [5, 5.41) is 11.5. The van der Waals surface area contributed by atoms with E-state index in [0.717, 1.165) is 50.2 Å². The number of nitrogens with zero attached hydrogens (tertiary/aromatic N) is 2. The van der Waals surface area contributed by atoms with Crippen LogP contribution in [0.5, 0.6) is 17.2 Å². The second kappa shape index (κ2) is 13.2. The van der Waals surface area contributed by atoms with Gasteiger partial charge in [-0.3, -0.25) is 9.59 Å². The van der Waals surface area contributed by atoms with Crippen LogP contribution in [0.2, 0.25) is 0 Å². The number of carbonyl (C=O) groups excluding carboxylic acids is 2. The van der Waals surface area contributed by atoms with Gasteiger partial charge in [-0.05, 0) is 80.9 Å². The van der Waals surface area contributed by atoms with Crippen LogP contribution in [0, 0.1) is 0 Å². The number of aliphatic hydroxyl groups excluding tert-OH is 1. The summed E-state index contributed by atoms with van der Waals surface area (Å²) in [4.78, 5) is 30.8. The monoisotopic (exact) mass is 550 g/mol. The second-order valence-electron chi connectivity index (χ2n) is 10.4. The molecule has 2 atom stereocenters. The van der Waals surface area contributed by atoms with Gasteiger partial charge in [-0.1, -0.05) is 33.3 Å². The Bertz CT molecular complexity index is 1250. The summed E-state index contributed by atoms with van der Waals surface area (Å²) in [5.74, 6) is 0.432. The number of benzene rings is 2. The van der Waals surface area contributed by atoms with Crippen molar-refractivity contribution in [1.82, 2.24) is 9.80 Å². The zero-order chi connectivity index (χ0) is 28.8. The lowest BCUT2D eigenvalue weighted by Crippen LogP contribution is -2.33. The number of rotatable bonds is 13. The molecule has 1 amide bonds. The van der Waals surface area contributed by atoms with Gasteiger partial charge in [-0.15, -0.1) is 0 Å². The highest BCUT2D eigenvalue weighted by Gasteiger charge is 2.46. The molecule has 0 aliphatic carbocycles. The number of hydrogen-bond acceptors (Lipinski definition) is 7. The summed E-state index contributed by atoms with van der Waals surface area (Å²) in [6, 6.07) is 10.1. The third kappa shape index (κ3) is 6.12. The average molecular weight is 551 g/mol. The van der Waals surface area contributed by atoms with Crippen molar-refractivity contribution in [3.05, 3.63) is 58.7 Å². The molecular weight excluding hydrogens is 508 g/mol. The Morgan fingerprint density at radius 3 is 2.55 bits per heavy atom. The van der Waals surface area contributed by atoms with Gasteiger partial charge in [0.25, 0.3) is 11.7 Å². The van der Waals surface area contributed by atoms with E-state index in [-0.39, 0.29) is 17.4 Å². The first-order valence-corrected chi connectivity index (χ1v) is 14.4. The highest BCUT2D eigenvalue weighted by molar-refractivity contribution is 6.46. The van der Waals surface area contributed by atoms with E-state index in [1.807, 2.05) is 31.2 Å². The van der Waals surface area contributed by atoms with Gasteiger partial charge in [-0.25, -0.2) is 0 Å². The first kappa shape index (κ1) is 29.5. The molecule has 8 heteroatoms. The molecule has 2 aliphatic rings. The Balaban J connectivity index is 1.75. The number of hydrogen-bond donors (Lipinski definition) is 1. The van der Waals surface area contributed by atoms with Gasteiger partial charge >= 0.3 is 0 Å². The molecule has 0 aromatic heterocycles. The van der Waals surface area contributed by atoms with Crippen LogP contribution in [-0.2, 0) is 16.0 Å². The van der Waals surface area contributed by atoms with E-state index < -0.39 is 17.7 Å². The first-order valence-electron chi connectivity index (χ1n) is 14.4. The lowest BCUT2D eigenvalue weighted by atomic mass is 9.94. The van der Waals surface area contributed by atoms with E-state index in [2.05, 4.69) is 25.7 Å². The molecule has 0 unspecified atom stereocenters. The Morgan fingerprint density at radius 1 is 1.07 bits per heavy atom. The fraction of sp³-hybridized carbons (Fsp3) is 0.500. The lowest BCUT2D eigenvalue weighted by molar-refractivity contribution is -0.140. The molecule has 0 saturated carbocycles. The standard InChI is InChI=1S/C32H42N2O6/c1-6-9-17-39-26-14-11-22(20-27(26)38-5)29-28(30(35)23-12-13-25-24(19-23)18-21(4)40-25)31(36)32(37)34(29)16-10-15-33(7-2)8-3/h11-14,19-21,29,35H,6-10,15-18H2,1-5H3/b30-28+/t21-,29+/m0/s1. The summed E-state index contributed by atoms with van der Waals surface area (Å²) in [7, 11) is 1.57. The molecular formula is C32H42N2O6. The zero-order valence-electron chi connectivity index (χ0n) is 24.4. The number of Topliss-reactive ketones (excluding diaryl/α,β-unsaturated/α-hetero) is 1. The van der Waals surface area contributed by atoms with Crippen molar-refractivity contribution in [2.45, 2.75) is 65.5 Å². The maximum Gasteiger partial charge on any atom is 0.295 e. The number of ketones is 1. The Labute approximate surface area is 237 Å². The predicted octanol–water partition coefficient (Wildman–Crippen LogP) is 5.35. The van der Waals surface area contributed by atoms with Crippen molar-refractivity contribution in [2.75, 3.05) is 39.9 Å². The normalized spacial score (nSPS) is 19.7. The molecule has 1 saturated heterocycles. The summed E-state index contributed by atoms with van der Waals surface area (Å²) < 4.78 is 17.4.